The van der Waals surface area contributed by atoms with E-state index in [0.717, 1.165) is 5.56 Å². The molecule has 27 heavy (non-hydrogen) atoms. The van der Waals surface area contributed by atoms with Crippen LogP contribution in [0, 0.1) is 11.3 Å². The first-order chi connectivity index (χ1) is 13.0. The second kappa shape index (κ2) is 9.34. The zero-order chi connectivity index (χ0) is 19.8. The van der Waals surface area contributed by atoms with E-state index in [1.54, 1.807) is 44.6 Å². The lowest BCUT2D eigenvalue weighted by molar-refractivity contribution is -0.123. The number of nitriles is 1. The normalized spacial score (nSPS) is 11.1. The molecule has 1 N–H and O–H groups in total. The Morgan fingerprint density at radius 3 is 2.37 bits per heavy atom. The molecule has 0 fully saturated rings. The Morgan fingerprint density at radius 2 is 1.74 bits per heavy atom. The lowest BCUT2D eigenvalue weighted by Crippen LogP contribution is -2.31. The number of benzene rings is 2. The lowest BCUT2D eigenvalue weighted by atomic mass is 10.1. The molecule has 0 spiro atoms. The maximum Gasteiger partial charge on any atom is 0.258 e. The van der Waals surface area contributed by atoms with E-state index in [0.29, 0.717) is 28.6 Å². The van der Waals surface area contributed by atoms with Crippen LogP contribution in [-0.2, 0) is 4.79 Å². The summed E-state index contributed by atoms with van der Waals surface area (Å²) in [5.41, 5.74) is 1.24. The molecule has 0 aromatic heterocycles. The van der Waals surface area contributed by atoms with Gasteiger partial charge in [0.1, 0.15) is 11.5 Å². The average molecular weight is 370 g/mol. The molecule has 0 heterocycles. The SMILES string of the molecule is COc1ccc(OC)c([C@H](C)NC(=O)COc2ccc(C#N)cc2OC)c1. The Labute approximate surface area is 158 Å². The van der Waals surface area contributed by atoms with Crippen molar-refractivity contribution in [1.82, 2.24) is 5.32 Å². The van der Waals surface area contributed by atoms with Crippen LogP contribution >= 0.6 is 0 Å². The van der Waals surface area contributed by atoms with Crippen LogP contribution in [0.2, 0.25) is 0 Å². The van der Waals surface area contributed by atoms with Gasteiger partial charge in [-0.05, 0) is 37.3 Å². The van der Waals surface area contributed by atoms with Gasteiger partial charge in [-0.2, -0.15) is 5.26 Å². The third-order valence-corrected chi connectivity index (χ3v) is 3.93. The van der Waals surface area contributed by atoms with Gasteiger partial charge in [-0.25, -0.2) is 0 Å². The zero-order valence-electron chi connectivity index (χ0n) is 15.7. The van der Waals surface area contributed by atoms with Crippen LogP contribution in [0.15, 0.2) is 36.4 Å². The number of rotatable bonds is 8. The zero-order valence-corrected chi connectivity index (χ0v) is 15.7. The number of methoxy groups -OCH3 is 3. The summed E-state index contributed by atoms with van der Waals surface area (Å²) in [7, 11) is 4.62. The summed E-state index contributed by atoms with van der Waals surface area (Å²) < 4.78 is 21.3. The highest BCUT2D eigenvalue weighted by molar-refractivity contribution is 5.78. The molecule has 2 aromatic rings. The van der Waals surface area contributed by atoms with Crippen molar-refractivity contribution >= 4 is 5.91 Å². The maximum absolute atomic E-state index is 12.3. The van der Waals surface area contributed by atoms with Gasteiger partial charge < -0.3 is 24.3 Å². The van der Waals surface area contributed by atoms with Crippen LogP contribution < -0.4 is 24.3 Å². The molecule has 0 radical (unpaired) electrons. The van der Waals surface area contributed by atoms with Crippen molar-refractivity contribution < 1.29 is 23.7 Å². The number of carbonyl (C=O) groups is 1. The summed E-state index contributed by atoms with van der Waals surface area (Å²) >= 11 is 0. The van der Waals surface area contributed by atoms with Crippen molar-refractivity contribution in [3.8, 4) is 29.1 Å². The van der Waals surface area contributed by atoms with E-state index in [2.05, 4.69) is 5.32 Å². The van der Waals surface area contributed by atoms with Gasteiger partial charge in [0, 0.05) is 11.6 Å². The molecule has 0 aliphatic heterocycles. The summed E-state index contributed by atoms with van der Waals surface area (Å²) in [6.45, 7) is 1.65. The maximum atomic E-state index is 12.3. The van der Waals surface area contributed by atoms with E-state index in [4.69, 9.17) is 24.2 Å². The molecule has 1 atom stereocenters. The first kappa shape index (κ1) is 19.9. The Bertz CT molecular complexity index is 845. The number of amides is 1. The van der Waals surface area contributed by atoms with Crippen LogP contribution in [0.25, 0.3) is 0 Å². The van der Waals surface area contributed by atoms with E-state index >= 15 is 0 Å². The summed E-state index contributed by atoms with van der Waals surface area (Å²) in [6, 6.07) is 11.8. The van der Waals surface area contributed by atoms with Crippen molar-refractivity contribution in [2.75, 3.05) is 27.9 Å². The minimum absolute atomic E-state index is 0.196. The van der Waals surface area contributed by atoms with Crippen molar-refractivity contribution in [3.63, 3.8) is 0 Å². The van der Waals surface area contributed by atoms with Crippen LogP contribution in [0.4, 0.5) is 0 Å². The van der Waals surface area contributed by atoms with Crippen LogP contribution in [0.1, 0.15) is 24.1 Å². The second-order valence-corrected chi connectivity index (χ2v) is 5.66. The molecular formula is C20H22N2O5. The number of hydrogen-bond donors (Lipinski definition) is 1. The standard InChI is InChI=1S/C20H22N2O5/c1-13(16-10-15(24-2)6-8-17(16)25-3)22-20(23)12-27-18-7-5-14(11-21)9-19(18)26-4/h5-10,13H,12H2,1-4H3,(H,22,23)/t13-/m0/s1. The van der Waals surface area contributed by atoms with Crippen LogP contribution in [0.3, 0.4) is 0 Å². The van der Waals surface area contributed by atoms with E-state index in [1.165, 1.54) is 7.11 Å². The topological polar surface area (TPSA) is 89.8 Å². The molecule has 2 rings (SSSR count). The monoisotopic (exact) mass is 370 g/mol. The fourth-order valence-corrected chi connectivity index (χ4v) is 2.54. The second-order valence-electron chi connectivity index (χ2n) is 5.66. The first-order valence-corrected chi connectivity index (χ1v) is 8.24. The Balaban J connectivity index is 2.03. The summed E-state index contributed by atoms with van der Waals surface area (Å²) in [5.74, 6) is 1.80. The summed E-state index contributed by atoms with van der Waals surface area (Å²) in [5, 5.41) is 11.8. The molecule has 2 aromatic carbocycles. The van der Waals surface area contributed by atoms with Gasteiger partial charge in [0.15, 0.2) is 18.1 Å². The number of hydrogen-bond acceptors (Lipinski definition) is 6. The molecule has 0 saturated carbocycles. The third-order valence-electron chi connectivity index (χ3n) is 3.93. The summed E-state index contributed by atoms with van der Waals surface area (Å²) in [6.07, 6.45) is 0. The predicted molar refractivity (Wildman–Crippen MR) is 99.3 cm³/mol. The molecule has 0 saturated heterocycles. The van der Waals surface area contributed by atoms with Gasteiger partial charge in [-0.15, -0.1) is 0 Å². The fourth-order valence-electron chi connectivity index (χ4n) is 2.54. The van der Waals surface area contributed by atoms with Gasteiger partial charge in [-0.1, -0.05) is 0 Å². The van der Waals surface area contributed by atoms with Gasteiger partial charge in [-0.3, -0.25) is 4.79 Å². The highest BCUT2D eigenvalue weighted by Gasteiger charge is 2.16. The molecule has 0 bridgehead atoms. The first-order valence-electron chi connectivity index (χ1n) is 8.24. The quantitative estimate of drug-likeness (QED) is 0.768. The molecular weight excluding hydrogens is 348 g/mol. The number of carbonyl (C=O) groups excluding carboxylic acids is 1. The van der Waals surface area contributed by atoms with Crippen molar-refractivity contribution in [1.29, 1.82) is 5.26 Å². The molecule has 0 aliphatic rings. The number of nitrogens with zero attached hydrogens (tertiary/aromatic N) is 1. The van der Waals surface area contributed by atoms with Gasteiger partial charge in [0.25, 0.3) is 5.91 Å². The Hall–Kier alpha value is -3.40. The molecule has 0 unspecified atom stereocenters. The minimum atomic E-state index is -0.311. The predicted octanol–water partition coefficient (Wildman–Crippen LogP) is 2.84. The van der Waals surface area contributed by atoms with Gasteiger partial charge >= 0.3 is 0 Å². The fraction of sp³-hybridized carbons (Fsp3) is 0.300. The van der Waals surface area contributed by atoms with E-state index in [9.17, 15) is 4.79 Å². The minimum Gasteiger partial charge on any atom is -0.497 e. The highest BCUT2D eigenvalue weighted by Crippen LogP contribution is 2.30. The largest absolute Gasteiger partial charge is 0.497 e. The Morgan fingerprint density at radius 1 is 1.04 bits per heavy atom. The van der Waals surface area contributed by atoms with E-state index in [1.807, 2.05) is 19.1 Å². The summed E-state index contributed by atoms with van der Waals surface area (Å²) in [4.78, 5) is 12.3. The molecule has 0 aliphatic carbocycles. The van der Waals surface area contributed by atoms with Crippen LogP contribution in [-0.4, -0.2) is 33.8 Å². The lowest BCUT2D eigenvalue weighted by Gasteiger charge is -2.18. The van der Waals surface area contributed by atoms with Crippen molar-refractivity contribution in [2.24, 2.45) is 0 Å². The van der Waals surface area contributed by atoms with E-state index in [-0.39, 0.29) is 18.6 Å². The molecule has 142 valence electrons. The third kappa shape index (κ3) is 5.05. The van der Waals surface area contributed by atoms with Gasteiger partial charge in [0.2, 0.25) is 0 Å². The highest BCUT2D eigenvalue weighted by atomic mass is 16.5. The smallest absolute Gasteiger partial charge is 0.258 e. The molecule has 7 nitrogen and oxygen atoms in total. The number of ether oxygens (including phenoxy) is 4. The Kier molecular flexibility index (Phi) is 6.89. The molecule has 7 heteroatoms. The average Bonchev–Trinajstić information content (AvgIpc) is 2.71. The van der Waals surface area contributed by atoms with Crippen molar-refractivity contribution in [3.05, 3.63) is 47.5 Å². The van der Waals surface area contributed by atoms with E-state index < -0.39 is 0 Å². The van der Waals surface area contributed by atoms with Crippen molar-refractivity contribution in [2.45, 2.75) is 13.0 Å². The van der Waals surface area contributed by atoms with Crippen LogP contribution in [0.5, 0.6) is 23.0 Å². The molecule has 1 amide bonds. The number of nitrogens with one attached hydrogen (secondary N) is 1. The van der Waals surface area contributed by atoms with Gasteiger partial charge in [0.05, 0.1) is 39.0 Å².